The maximum absolute atomic E-state index is 12.9. The summed E-state index contributed by atoms with van der Waals surface area (Å²) in [6.07, 6.45) is 4.87. The number of nitrogens with one attached hydrogen (secondary N) is 2. The van der Waals surface area contributed by atoms with Crippen LogP contribution in [0, 0.1) is 0 Å². The van der Waals surface area contributed by atoms with Gasteiger partial charge in [-0.1, -0.05) is 39.1 Å². The molecule has 4 saturated heterocycles. The number of carboxylic acid groups (broad SMARTS) is 1. The summed E-state index contributed by atoms with van der Waals surface area (Å²) >= 11 is 0. The molecule has 63 heavy (non-hydrogen) atoms. The highest BCUT2D eigenvalue weighted by Gasteiger charge is 2.41. The van der Waals surface area contributed by atoms with Gasteiger partial charge in [-0.2, -0.15) is 0 Å². The second-order valence-corrected chi connectivity index (χ2v) is 17.7. The van der Waals surface area contributed by atoms with E-state index in [-0.39, 0.29) is 82.2 Å². The molecule has 0 radical (unpaired) electrons. The van der Waals surface area contributed by atoms with E-state index < -0.39 is 29.6 Å². The number of hydrogen-bond acceptors (Lipinski definition) is 11. The van der Waals surface area contributed by atoms with Crippen LogP contribution in [0.15, 0.2) is 36.4 Å². The Morgan fingerprint density at radius 2 is 1.05 bits per heavy atom. The summed E-state index contributed by atoms with van der Waals surface area (Å²) in [5.74, 6) is -1.95. The highest BCUT2D eigenvalue weighted by molar-refractivity contribution is 6.06. The molecule has 0 spiro atoms. The number of benzene rings is 2. The molecule has 17 heteroatoms. The van der Waals surface area contributed by atoms with Crippen LogP contribution in [-0.4, -0.2) is 129 Å². The molecule has 2 aromatic rings. The van der Waals surface area contributed by atoms with Crippen molar-refractivity contribution < 1.29 is 48.2 Å². The lowest BCUT2D eigenvalue weighted by Gasteiger charge is -2.32. The van der Waals surface area contributed by atoms with Crippen LogP contribution in [-0.2, 0) is 46.6 Å². The molecule has 0 aliphatic carbocycles. The SMILES string of the molecule is C.C.CC(C)(C)OC(=O)CN1CCC(c2ccc3c(c2)CN(C2CCC(=O)NC2=O)C3=O)CC1.Cl.O=C(O)CN1CCC(c2ccc3c(c2)CN(C2CCC(=O)NC2=O)C3=O)CC1. The molecule has 8 rings (SSSR count). The lowest BCUT2D eigenvalue weighted by molar-refractivity contribution is -0.156. The zero-order chi connectivity index (χ0) is 42.9. The number of nitrogens with zero attached hydrogens (tertiary/aromatic N) is 4. The maximum Gasteiger partial charge on any atom is 0.320 e. The molecule has 4 fully saturated rings. The van der Waals surface area contributed by atoms with Crippen molar-refractivity contribution in [3.8, 4) is 0 Å². The smallest absolute Gasteiger partial charge is 0.320 e. The van der Waals surface area contributed by atoms with Gasteiger partial charge < -0.3 is 19.6 Å². The quantitative estimate of drug-likeness (QED) is 0.250. The van der Waals surface area contributed by atoms with Gasteiger partial charge in [0.1, 0.15) is 17.7 Å². The van der Waals surface area contributed by atoms with E-state index in [0.29, 0.717) is 55.4 Å². The van der Waals surface area contributed by atoms with E-state index in [1.165, 1.54) is 5.56 Å². The number of halogens is 1. The Balaban J connectivity index is 0.000000266. The molecular weight excluding hydrogens is 832 g/mol. The van der Waals surface area contributed by atoms with E-state index in [4.69, 9.17) is 9.84 Å². The lowest BCUT2D eigenvalue weighted by Crippen LogP contribution is -2.52. The predicted molar refractivity (Wildman–Crippen MR) is 236 cm³/mol. The number of ether oxygens (including phenoxy) is 1. The van der Waals surface area contributed by atoms with Crippen LogP contribution in [0.5, 0.6) is 0 Å². The first-order valence-electron chi connectivity index (χ1n) is 21.0. The van der Waals surface area contributed by atoms with E-state index >= 15 is 0 Å². The van der Waals surface area contributed by atoms with Gasteiger partial charge >= 0.3 is 11.9 Å². The maximum atomic E-state index is 12.9. The van der Waals surface area contributed by atoms with Gasteiger partial charge in [0.05, 0.1) is 13.1 Å². The van der Waals surface area contributed by atoms with Crippen molar-refractivity contribution in [3.63, 3.8) is 0 Å². The van der Waals surface area contributed by atoms with Crippen LogP contribution in [0.25, 0.3) is 0 Å². The fraction of sp³-hybridized carbons (Fsp3) is 0.565. The second-order valence-electron chi connectivity index (χ2n) is 17.7. The summed E-state index contributed by atoms with van der Waals surface area (Å²) < 4.78 is 5.42. The second kappa shape index (κ2) is 21.0. The molecule has 6 heterocycles. The Hall–Kier alpha value is -5.19. The molecule has 6 amide bonds. The van der Waals surface area contributed by atoms with Gasteiger partial charge in [0.2, 0.25) is 23.6 Å². The van der Waals surface area contributed by atoms with E-state index in [2.05, 4.69) is 27.7 Å². The number of carbonyl (C=O) groups excluding carboxylic acids is 7. The minimum atomic E-state index is -0.803. The van der Waals surface area contributed by atoms with Crippen LogP contribution in [0.2, 0.25) is 0 Å². The zero-order valence-corrected chi connectivity index (χ0v) is 35.7. The molecule has 0 bridgehead atoms. The van der Waals surface area contributed by atoms with Gasteiger partial charge in [0.15, 0.2) is 0 Å². The number of aliphatic carboxylic acids is 1. The summed E-state index contributed by atoms with van der Waals surface area (Å²) in [6, 6.07) is 10.6. The molecule has 6 aliphatic heterocycles. The van der Waals surface area contributed by atoms with Crippen LogP contribution in [0.1, 0.15) is 142 Å². The summed E-state index contributed by atoms with van der Waals surface area (Å²) in [4.78, 5) is 103. The van der Waals surface area contributed by atoms with E-state index in [9.17, 15) is 38.4 Å². The number of hydrogen-bond donors (Lipinski definition) is 3. The fourth-order valence-electron chi connectivity index (χ4n) is 9.29. The molecule has 2 aromatic carbocycles. The number of esters is 1. The predicted octanol–water partition coefficient (Wildman–Crippen LogP) is 4.37. The Morgan fingerprint density at radius 3 is 1.41 bits per heavy atom. The standard InChI is InChI=1S/C24H31N3O5.C20H23N3O5.2CH4.ClH/c1-24(2,3)32-21(29)14-26-10-8-15(9-11-26)16-4-5-18-17(12-16)13-27(23(18)31)19-6-7-20(28)25-22(19)30;24-17-4-3-16(19(27)21-17)23-10-14-9-13(1-2-15(14)20(23)28)12-5-7-22(8-6-12)11-18(25)26;;;/h4-5,12,15,19H,6-11,13-14H2,1-3H3,(H,25,28,30);1-2,9,12,16H,3-8,10-11H2,(H,25,26)(H,21,24,27);2*1H4;1H. The van der Waals surface area contributed by atoms with Crippen LogP contribution < -0.4 is 10.6 Å². The molecular formula is C46H63ClN6O10. The third-order valence-electron chi connectivity index (χ3n) is 12.3. The van der Waals surface area contributed by atoms with Crippen molar-refractivity contribution in [2.75, 3.05) is 39.3 Å². The third kappa shape index (κ3) is 11.9. The average molecular weight is 895 g/mol. The Bertz CT molecular complexity index is 2090. The molecule has 16 nitrogen and oxygen atoms in total. The molecule has 6 aliphatic rings. The van der Waals surface area contributed by atoms with Crippen molar-refractivity contribution in [2.45, 2.75) is 130 Å². The van der Waals surface area contributed by atoms with Gasteiger partial charge in [-0.25, -0.2) is 0 Å². The number of amides is 6. The Labute approximate surface area is 375 Å². The minimum Gasteiger partial charge on any atom is -0.480 e. The fourth-order valence-corrected chi connectivity index (χ4v) is 9.29. The number of imide groups is 2. The largest absolute Gasteiger partial charge is 0.480 e. The van der Waals surface area contributed by atoms with Gasteiger partial charge in [-0.3, -0.25) is 58.8 Å². The molecule has 2 atom stereocenters. The van der Waals surface area contributed by atoms with Gasteiger partial charge in [-0.05, 0) is 132 Å². The minimum absolute atomic E-state index is 0. The van der Waals surface area contributed by atoms with Gasteiger partial charge in [0, 0.05) is 37.1 Å². The van der Waals surface area contributed by atoms with Crippen LogP contribution in [0.3, 0.4) is 0 Å². The third-order valence-corrected chi connectivity index (χ3v) is 12.3. The zero-order valence-electron chi connectivity index (χ0n) is 34.9. The van der Waals surface area contributed by atoms with Crippen molar-refractivity contribution in [2.24, 2.45) is 0 Å². The van der Waals surface area contributed by atoms with Crippen molar-refractivity contribution >= 4 is 59.8 Å². The molecule has 0 aromatic heterocycles. The molecule has 2 unspecified atom stereocenters. The monoisotopic (exact) mass is 894 g/mol. The van der Waals surface area contributed by atoms with E-state index in [1.54, 1.807) is 9.80 Å². The number of piperidine rings is 4. The number of fused-ring (bicyclic) bond motifs is 2. The topological polar surface area (TPSA) is 203 Å². The molecule has 0 saturated carbocycles. The Morgan fingerprint density at radius 1 is 0.651 bits per heavy atom. The highest BCUT2D eigenvalue weighted by atomic mass is 35.5. The van der Waals surface area contributed by atoms with E-state index in [0.717, 1.165) is 68.6 Å². The summed E-state index contributed by atoms with van der Waals surface area (Å²) in [5.41, 5.74) is 5.00. The number of carboxylic acids is 1. The molecule has 344 valence electrons. The van der Waals surface area contributed by atoms with Crippen molar-refractivity contribution in [1.82, 2.24) is 30.2 Å². The lowest BCUT2D eigenvalue weighted by atomic mass is 9.88. The summed E-state index contributed by atoms with van der Waals surface area (Å²) in [6.45, 7) is 9.91. The first kappa shape index (κ1) is 50.5. The Kier molecular flexibility index (Phi) is 16.8. The van der Waals surface area contributed by atoms with Crippen LogP contribution >= 0.6 is 12.4 Å². The number of likely N-dealkylation sites (tertiary alicyclic amines) is 2. The summed E-state index contributed by atoms with van der Waals surface area (Å²) in [7, 11) is 0. The number of carbonyl (C=O) groups is 8. The normalized spacial score (nSPS) is 22.0. The van der Waals surface area contributed by atoms with Gasteiger partial charge in [0.25, 0.3) is 11.8 Å². The highest BCUT2D eigenvalue weighted by Crippen LogP contribution is 2.35. The first-order valence-corrected chi connectivity index (χ1v) is 21.0. The first-order chi connectivity index (χ1) is 28.5. The number of rotatable bonds is 8. The van der Waals surface area contributed by atoms with Crippen molar-refractivity contribution in [1.29, 1.82) is 0 Å². The van der Waals surface area contributed by atoms with Crippen LogP contribution in [0.4, 0.5) is 0 Å². The molecule has 3 N–H and O–H groups in total. The average Bonchev–Trinajstić information content (AvgIpc) is 3.69. The van der Waals surface area contributed by atoms with Gasteiger partial charge in [-0.15, -0.1) is 12.4 Å². The van der Waals surface area contributed by atoms with Crippen molar-refractivity contribution in [3.05, 3.63) is 69.8 Å². The van der Waals surface area contributed by atoms with E-state index in [1.807, 2.05) is 49.9 Å². The summed E-state index contributed by atoms with van der Waals surface area (Å²) in [5, 5.41) is 13.6.